The third-order valence-electron chi connectivity index (χ3n) is 1.62. The van der Waals surface area contributed by atoms with Crippen molar-refractivity contribution >= 4 is 29.7 Å². The smallest absolute Gasteiger partial charge is 0.136 e. The minimum absolute atomic E-state index is 0. The van der Waals surface area contributed by atoms with E-state index < -0.39 is 0 Å². The first-order chi connectivity index (χ1) is 5.40. The fraction of sp³-hybridized carbons (Fsp3) is 0.125. The zero-order chi connectivity index (χ0) is 7.68. The van der Waals surface area contributed by atoms with Crippen LogP contribution in [0.1, 0.15) is 5.56 Å². The molecule has 0 atom stereocenters. The average Bonchev–Trinajstić information content (AvgIpc) is 2.50. The topological polar surface area (TPSA) is 17.3 Å². The largest absolute Gasteiger partial charge is 0.307 e. The van der Waals surface area contributed by atoms with Gasteiger partial charge in [0.2, 0.25) is 0 Å². The quantitative estimate of drug-likeness (QED) is 0.651. The van der Waals surface area contributed by atoms with E-state index in [0.29, 0.717) is 5.88 Å². The lowest BCUT2D eigenvalue weighted by atomic mass is 10.3. The molecule has 0 amide bonds. The molecule has 0 saturated heterocycles. The molecule has 0 aliphatic heterocycles. The molecule has 0 radical (unpaired) electrons. The second-order valence-corrected chi connectivity index (χ2v) is 2.63. The molecule has 0 N–H and O–H groups in total. The lowest BCUT2D eigenvalue weighted by Gasteiger charge is -1.95. The van der Waals surface area contributed by atoms with Crippen molar-refractivity contribution in [1.82, 2.24) is 9.38 Å². The van der Waals surface area contributed by atoms with Gasteiger partial charge in [-0.25, -0.2) is 4.98 Å². The zero-order valence-corrected chi connectivity index (χ0v) is 7.85. The predicted octanol–water partition coefficient (Wildman–Crippen LogP) is 2.49. The first-order valence-electron chi connectivity index (χ1n) is 3.38. The second-order valence-electron chi connectivity index (χ2n) is 2.36. The van der Waals surface area contributed by atoms with Gasteiger partial charge < -0.3 is 4.40 Å². The molecule has 0 unspecified atom stereocenters. The molecule has 64 valence electrons. The van der Waals surface area contributed by atoms with E-state index in [-0.39, 0.29) is 12.4 Å². The number of pyridine rings is 1. The summed E-state index contributed by atoms with van der Waals surface area (Å²) in [4.78, 5) is 4.13. The Morgan fingerprint density at radius 3 is 3.00 bits per heavy atom. The highest BCUT2D eigenvalue weighted by Gasteiger charge is 1.93. The van der Waals surface area contributed by atoms with Crippen LogP contribution in [-0.2, 0) is 5.88 Å². The Kier molecular flexibility index (Phi) is 2.95. The van der Waals surface area contributed by atoms with E-state index >= 15 is 0 Å². The maximum atomic E-state index is 5.66. The van der Waals surface area contributed by atoms with Gasteiger partial charge >= 0.3 is 0 Å². The highest BCUT2D eigenvalue weighted by Crippen LogP contribution is 2.07. The summed E-state index contributed by atoms with van der Waals surface area (Å²) in [5.41, 5.74) is 2.05. The van der Waals surface area contributed by atoms with Crippen LogP contribution in [0.25, 0.3) is 5.65 Å². The van der Waals surface area contributed by atoms with Crippen LogP contribution in [0.3, 0.4) is 0 Å². The van der Waals surface area contributed by atoms with Gasteiger partial charge in [-0.2, -0.15) is 0 Å². The van der Waals surface area contributed by atoms with Gasteiger partial charge in [0, 0.05) is 24.5 Å². The summed E-state index contributed by atoms with van der Waals surface area (Å²) < 4.78 is 1.95. The monoisotopic (exact) mass is 202 g/mol. The van der Waals surface area contributed by atoms with Gasteiger partial charge in [0.1, 0.15) is 5.65 Å². The van der Waals surface area contributed by atoms with Crippen LogP contribution in [0, 0.1) is 0 Å². The molecule has 2 rings (SSSR count). The normalized spacial score (nSPS) is 9.75. The van der Waals surface area contributed by atoms with Crippen LogP contribution in [0.2, 0.25) is 0 Å². The molecule has 4 heteroatoms. The van der Waals surface area contributed by atoms with Gasteiger partial charge in [0.05, 0.1) is 0 Å². The number of halogens is 2. The summed E-state index contributed by atoms with van der Waals surface area (Å²) >= 11 is 5.66. The van der Waals surface area contributed by atoms with Crippen molar-refractivity contribution in [3.63, 3.8) is 0 Å². The summed E-state index contributed by atoms with van der Waals surface area (Å²) in [6, 6.07) is 3.97. The first-order valence-corrected chi connectivity index (χ1v) is 3.91. The molecular formula is C8H8Cl2N2. The van der Waals surface area contributed by atoms with Crippen molar-refractivity contribution in [3.05, 3.63) is 36.3 Å². The SMILES string of the molecule is Cl.ClCc1ccn2ccnc2c1. The molecule has 0 bridgehead atoms. The molecular weight excluding hydrogens is 195 g/mol. The summed E-state index contributed by atoms with van der Waals surface area (Å²) in [5, 5.41) is 0. The Labute approximate surface area is 81.6 Å². The number of imidazole rings is 1. The van der Waals surface area contributed by atoms with Crippen LogP contribution >= 0.6 is 24.0 Å². The van der Waals surface area contributed by atoms with Crippen molar-refractivity contribution in [3.8, 4) is 0 Å². The molecule has 0 spiro atoms. The molecule has 2 aromatic heterocycles. The second kappa shape index (κ2) is 3.78. The predicted molar refractivity (Wildman–Crippen MR) is 52.0 cm³/mol. The van der Waals surface area contributed by atoms with Gasteiger partial charge in [-0.3, -0.25) is 0 Å². The van der Waals surface area contributed by atoms with Crippen LogP contribution in [0.5, 0.6) is 0 Å². The molecule has 0 aliphatic rings. The lowest BCUT2D eigenvalue weighted by molar-refractivity contribution is 1.16. The van der Waals surface area contributed by atoms with E-state index in [0.717, 1.165) is 11.2 Å². The van der Waals surface area contributed by atoms with Crippen LogP contribution in [0.15, 0.2) is 30.7 Å². The standard InChI is InChI=1S/C8H7ClN2.ClH/c9-6-7-1-3-11-4-2-10-8(11)5-7;/h1-5H,6H2;1H. The Hall–Kier alpha value is -0.730. The van der Waals surface area contributed by atoms with Crippen LogP contribution in [-0.4, -0.2) is 9.38 Å². The van der Waals surface area contributed by atoms with Crippen LogP contribution in [0.4, 0.5) is 0 Å². The van der Waals surface area contributed by atoms with Crippen LogP contribution < -0.4 is 0 Å². The van der Waals surface area contributed by atoms with Gasteiger partial charge in [-0.1, -0.05) is 0 Å². The molecule has 12 heavy (non-hydrogen) atoms. The molecule has 0 aromatic carbocycles. The van der Waals surface area contributed by atoms with Crippen molar-refractivity contribution in [2.24, 2.45) is 0 Å². The number of hydrogen-bond acceptors (Lipinski definition) is 1. The van der Waals surface area contributed by atoms with Crippen molar-refractivity contribution in [2.75, 3.05) is 0 Å². The maximum Gasteiger partial charge on any atom is 0.136 e. The Morgan fingerprint density at radius 1 is 1.42 bits per heavy atom. The number of alkyl halides is 1. The summed E-state index contributed by atoms with van der Waals surface area (Å²) in [6.45, 7) is 0. The minimum atomic E-state index is 0. The fourth-order valence-corrected chi connectivity index (χ4v) is 1.20. The maximum absolute atomic E-state index is 5.66. The van der Waals surface area contributed by atoms with E-state index in [1.807, 2.05) is 28.9 Å². The molecule has 0 aliphatic carbocycles. The number of hydrogen-bond donors (Lipinski definition) is 0. The van der Waals surface area contributed by atoms with Gasteiger partial charge in [0.15, 0.2) is 0 Å². The molecule has 2 nitrogen and oxygen atoms in total. The third-order valence-corrected chi connectivity index (χ3v) is 1.93. The van der Waals surface area contributed by atoms with E-state index in [1.54, 1.807) is 6.20 Å². The fourth-order valence-electron chi connectivity index (χ4n) is 1.04. The zero-order valence-electron chi connectivity index (χ0n) is 6.27. The molecule has 0 saturated carbocycles. The van der Waals surface area contributed by atoms with E-state index in [1.165, 1.54) is 0 Å². The van der Waals surface area contributed by atoms with Gasteiger partial charge in [-0.15, -0.1) is 24.0 Å². The minimum Gasteiger partial charge on any atom is -0.307 e. The highest BCUT2D eigenvalue weighted by atomic mass is 35.5. The molecule has 0 fully saturated rings. The summed E-state index contributed by atoms with van der Waals surface area (Å²) in [6.07, 6.45) is 5.64. The number of fused-ring (bicyclic) bond motifs is 1. The molecule has 2 aromatic rings. The number of aromatic nitrogens is 2. The summed E-state index contributed by atoms with van der Waals surface area (Å²) in [7, 11) is 0. The van der Waals surface area contributed by atoms with Crippen molar-refractivity contribution in [1.29, 1.82) is 0 Å². The Morgan fingerprint density at radius 2 is 2.25 bits per heavy atom. The lowest BCUT2D eigenvalue weighted by Crippen LogP contribution is -1.84. The van der Waals surface area contributed by atoms with Gasteiger partial charge in [-0.05, 0) is 17.7 Å². The van der Waals surface area contributed by atoms with E-state index in [9.17, 15) is 0 Å². The average molecular weight is 203 g/mol. The Balaban J connectivity index is 0.000000720. The van der Waals surface area contributed by atoms with E-state index in [2.05, 4.69) is 4.98 Å². The number of rotatable bonds is 1. The van der Waals surface area contributed by atoms with Crippen molar-refractivity contribution < 1.29 is 0 Å². The van der Waals surface area contributed by atoms with Crippen molar-refractivity contribution in [2.45, 2.75) is 5.88 Å². The molecule has 2 heterocycles. The van der Waals surface area contributed by atoms with E-state index in [4.69, 9.17) is 11.6 Å². The first kappa shape index (κ1) is 9.36. The third kappa shape index (κ3) is 1.54. The highest BCUT2D eigenvalue weighted by molar-refractivity contribution is 6.17. The number of nitrogens with zero attached hydrogens (tertiary/aromatic N) is 2. The Bertz CT molecular complexity index is 370. The summed E-state index contributed by atoms with van der Waals surface area (Å²) in [5.74, 6) is 0.545. The van der Waals surface area contributed by atoms with Gasteiger partial charge in [0.25, 0.3) is 0 Å².